The maximum absolute atomic E-state index is 13.3. The first-order valence-electron chi connectivity index (χ1n) is 10.3. The number of hydrogen-bond acceptors (Lipinski definition) is 3. The summed E-state index contributed by atoms with van der Waals surface area (Å²) in [6, 6.07) is 25.8. The van der Waals surface area contributed by atoms with Gasteiger partial charge < -0.3 is 19.5 Å². The van der Waals surface area contributed by atoms with E-state index in [4.69, 9.17) is 4.74 Å². The van der Waals surface area contributed by atoms with Gasteiger partial charge >= 0.3 is 0 Å². The summed E-state index contributed by atoms with van der Waals surface area (Å²) in [7, 11) is 1.53. The number of carbonyl (C=O) groups is 2. The maximum atomic E-state index is 13.3. The van der Waals surface area contributed by atoms with E-state index in [1.807, 2.05) is 48.7 Å². The molecule has 1 aromatic heterocycles. The molecule has 0 unspecified atom stereocenters. The molecule has 0 saturated heterocycles. The van der Waals surface area contributed by atoms with Crippen LogP contribution in [0, 0.1) is 0 Å². The van der Waals surface area contributed by atoms with E-state index in [1.54, 1.807) is 47.4 Å². The molecule has 1 aliphatic rings. The SMILES string of the molecule is COc1ccccc1C(=O)Nc1ccc(C(=O)N2Cc3cccn3-c3ccccc32)cc1. The highest BCUT2D eigenvalue weighted by molar-refractivity contribution is 6.09. The predicted molar refractivity (Wildman–Crippen MR) is 124 cm³/mol. The molecule has 2 heterocycles. The van der Waals surface area contributed by atoms with Crippen molar-refractivity contribution in [2.45, 2.75) is 6.54 Å². The molecule has 0 bridgehead atoms. The Morgan fingerprint density at radius 3 is 2.34 bits per heavy atom. The van der Waals surface area contributed by atoms with Crippen LogP contribution < -0.4 is 15.0 Å². The number of benzene rings is 3. The van der Waals surface area contributed by atoms with Crippen LogP contribution in [-0.2, 0) is 6.54 Å². The van der Waals surface area contributed by atoms with Gasteiger partial charge in [0.05, 0.1) is 30.6 Å². The van der Waals surface area contributed by atoms with E-state index in [0.717, 1.165) is 17.1 Å². The average molecular weight is 423 g/mol. The molecule has 6 nitrogen and oxygen atoms in total. The molecule has 4 aromatic rings. The lowest BCUT2D eigenvalue weighted by Crippen LogP contribution is -2.34. The number of para-hydroxylation sites is 3. The first kappa shape index (κ1) is 19.6. The van der Waals surface area contributed by atoms with Crippen molar-refractivity contribution in [3.05, 3.63) is 108 Å². The molecule has 0 saturated carbocycles. The van der Waals surface area contributed by atoms with Crippen molar-refractivity contribution in [2.75, 3.05) is 17.3 Å². The molecule has 158 valence electrons. The molecule has 32 heavy (non-hydrogen) atoms. The van der Waals surface area contributed by atoms with Crippen molar-refractivity contribution >= 4 is 23.2 Å². The Labute approximate surface area is 185 Å². The Morgan fingerprint density at radius 2 is 1.56 bits per heavy atom. The summed E-state index contributed by atoms with van der Waals surface area (Å²) < 4.78 is 7.36. The predicted octanol–water partition coefficient (Wildman–Crippen LogP) is 4.90. The Kier molecular flexibility index (Phi) is 4.95. The van der Waals surface area contributed by atoms with Crippen LogP contribution in [-0.4, -0.2) is 23.5 Å². The molecule has 0 aliphatic carbocycles. The molecule has 1 N–H and O–H groups in total. The van der Waals surface area contributed by atoms with Crippen LogP contribution in [0.5, 0.6) is 5.75 Å². The third kappa shape index (κ3) is 3.41. The number of aromatic nitrogens is 1. The third-order valence-corrected chi connectivity index (χ3v) is 5.57. The van der Waals surface area contributed by atoms with E-state index < -0.39 is 0 Å². The Bertz CT molecular complexity index is 1310. The summed E-state index contributed by atoms with van der Waals surface area (Å²) in [5, 5.41) is 2.86. The maximum Gasteiger partial charge on any atom is 0.259 e. The number of ether oxygens (including phenoxy) is 1. The van der Waals surface area contributed by atoms with Gasteiger partial charge in [0.2, 0.25) is 0 Å². The lowest BCUT2D eigenvalue weighted by Gasteiger charge is -2.31. The van der Waals surface area contributed by atoms with Crippen molar-refractivity contribution < 1.29 is 14.3 Å². The number of methoxy groups -OCH3 is 1. The molecular weight excluding hydrogens is 402 g/mol. The second-order valence-corrected chi connectivity index (χ2v) is 7.48. The summed E-state index contributed by atoms with van der Waals surface area (Å²) in [4.78, 5) is 27.8. The Hall–Kier alpha value is -4.32. The van der Waals surface area contributed by atoms with Crippen LogP contribution in [0.1, 0.15) is 26.4 Å². The minimum Gasteiger partial charge on any atom is -0.496 e. The van der Waals surface area contributed by atoms with E-state index in [0.29, 0.717) is 29.1 Å². The summed E-state index contributed by atoms with van der Waals surface area (Å²) >= 11 is 0. The summed E-state index contributed by atoms with van der Waals surface area (Å²) in [6.45, 7) is 0.495. The number of hydrogen-bond donors (Lipinski definition) is 1. The minimum atomic E-state index is -0.271. The van der Waals surface area contributed by atoms with E-state index in [2.05, 4.69) is 9.88 Å². The number of rotatable bonds is 4. The first-order valence-corrected chi connectivity index (χ1v) is 10.3. The van der Waals surface area contributed by atoms with E-state index >= 15 is 0 Å². The van der Waals surface area contributed by atoms with Crippen LogP contribution in [0.3, 0.4) is 0 Å². The van der Waals surface area contributed by atoms with Gasteiger partial charge in [0, 0.05) is 23.1 Å². The number of nitrogens with one attached hydrogen (secondary N) is 1. The van der Waals surface area contributed by atoms with Crippen LogP contribution in [0.15, 0.2) is 91.1 Å². The highest BCUT2D eigenvalue weighted by atomic mass is 16.5. The van der Waals surface area contributed by atoms with Gasteiger partial charge in [0.15, 0.2) is 0 Å². The lowest BCUT2D eigenvalue weighted by molar-refractivity contribution is 0.0982. The summed E-state index contributed by atoms with van der Waals surface area (Å²) in [5.41, 5.74) is 4.50. The monoisotopic (exact) mass is 423 g/mol. The molecule has 0 spiro atoms. The number of fused-ring (bicyclic) bond motifs is 3. The van der Waals surface area contributed by atoms with Gasteiger partial charge in [-0.1, -0.05) is 24.3 Å². The van der Waals surface area contributed by atoms with E-state index in [1.165, 1.54) is 7.11 Å². The second-order valence-electron chi connectivity index (χ2n) is 7.48. The second kappa shape index (κ2) is 8.07. The molecule has 2 amide bonds. The highest BCUT2D eigenvalue weighted by Gasteiger charge is 2.26. The Balaban J connectivity index is 1.37. The number of anilines is 2. The topological polar surface area (TPSA) is 63.6 Å². The molecule has 0 fully saturated rings. The van der Waals surface area contributed by atoms with Crippen LogP contribution in [0.25, 0.3) is 5.69 Å². The molecular formula is C26H21N3O3. The van der Waals surface area contributed by atoms with Crippen molar-refractivity contribution in [3.8, 4) is 11.4 Å². The molecule has 6 heteroatoms. The average Bonchev–Trinajstić information content (AvgIpc) is 3.32. The van der Waals surface area contributed by atoms with Crippen molar-refractivity contribution in [3.63, 3.8) is 0 Å². The fourth-order valence-electron chi connectivity index (χ4n) is 3.99. The van der Waals surface area contributed by atoms with Crippen molar-refractivity contribution in [1.82, 2.24) is 4.57 Å². The van der Waals surface area contributed by atoms with Gasteiger partial charge in [0.25, 0.3) is 11.8 Å². The molecule has 0 atom stereocenters. The van der Waals surface area contributed by atoms with Gasteiger partial charge in [0.1, 0.15) is 5.75 Å². The summed E-state index contributed by atoms with van der Waals surface area (Å²) in [5.74, 6) is 0.144. The molecule has 5 rings (SSSR count). The molecule has 1 aliphatic heterocycles. The molecule has 3 aromatic carbocycles. The normalized spacial score (nSPS) is 12.0. The van der Waals surface area contributed by atoms with Gasteiger partial charge in [-0.2, -0.15) is 0 Å². The first-order chi connectivity index (χ1) is 15.7. The standard InChI is InChI=1S/C26H21N3O3/c1-32-24-11-5-2-8-21(24)25(30)27-19-14-12-18(13-15-19)26(31)29-17-20-7-6-16-28(20)22-9-3-4-10-23(22)29/h2-16H,17H2,1H3,(H,27,30). The molecule has 0 radical (unpaired) electrons. The largest absolute Gasteiger partial charge is 0.496 e. The van der Waals surface area contributed by atoms with Crippen molar-refractivity contribution in [2.24, 2.45) is 0 Å². The van der Waals surface area contributed by atoms with Gasteiger partial charge in [-0.05, 0) is 60.7 Å². The smallest absolute Gasteiger partial charge is 0.259 e. The number of amides is 2. The van der Waals surface area contributed by atoms with Gasteiger partial charge in [-0.3, -0.25) is 9.59 Å². The minimum absolute atomic E-state index is 0.0903. The number of nitrogens with zero attached hydrogens (tertiary/aromatic N) is 2. The number of carbonyl (C=O) groups excluding carboxylic acids is 2. The van der Waals surface area contributed by atoms with Gasteiger partial charge in [-0.15, -0.1) is 0 Å². The van der Waals surface area contributed by atoms with Gasteiger partial charge in [-0.25, -0.2) is 0 Å². The third-order valence-electron chi connectivity index (χ3n) is 5.57. The highest BCUT2D eigenvalue weighted by Crippen LogP contribution is 2.33. The zero-order valence-electron chi connectivity index (χ0n) is 17.5. The summed E-state index contributed by atoms with van der Waals surface area (Å²) in [6.07, 6.45) is 2.01. The fourth-order valence-corrected chi connectivity index (χ4v) is 3.99. The van der Waals surface area contributed by atoms with Crippen molar-refractivity contribution in [1.29, 1.82) is 0 Å². The van der Waals surface area contributed by atoms with Crippen LogP contribution in [0.4, 0.5) is 11.4 Å². The van der Waals surface area contributed by atoms with E-state index in [-0.39, 0.29) is 11.8 Å². The zero-order valence-corrected chi connectivity index (χ0v) is 17.5. The fraction of sp³-hybridized carbons (Fsp3) is 0.0769. The van der Waals surface area contributed by atoms with Crippen LogP contribution in [0.2, 0.25) is 0 Å². The quantitative estimate of drug-likeness (QED) is 0.508. The zero-order chi connectivity index (χ0) is 22.1. The Morgan fingerprint density at radius 1 is 0.844 bits per heavy atom. The lowest BCUT2D eigenvalue weighted by atomic mass is 10.1. The van der Waals surface area contributed by atoms with Crippen LogP contribution >= 0.6 is 0 Å². The van der Waals surface area contributed by atoms with E-state index in [9.17, 15) is 9.59 Å².